The summed E-state index contributed by atoms with van der Waals surface area (Å²) in [6.45, 7) is 11.0. The first-order valence-corrected chi connectivity index (χ1v) is 11.2. The van der Waals surface area contributed by atoms with Gasteiger partial charge in [-0.05, 0) is 92.8 Å². The van der Waals surface area contributed by atoms with Gasteiger partial charge in [0.25, 0.3) is 5.91 Å². The van der Waals surface area contributed by atoms with Gasteiger partial charge in [-0.25, -0.2) is 4.99 Å². The van der Waals surface area contributed by atoms with E-state index in [-0.39, 0.29) is 11.4 Å². The lowest BCUT2D eigenvalue weighted by molar-refractivity contribution is -0.115. The highest BCUT2D eigenvalue weighted by Crippen LogP contribution is 2.43. The molecule has 1 atom stereocenters. The van der Waals surface area contributed by atoms with Crippen LogP contribution < -0.4 is 10.2 Å². The predicted molar refractivity (Wildman–Crippen MR) is 129 cm³/mol. The molecule has 1 saturated heterocycles. The molecule has 2 aliphatic rings. The Morgan fingerprint density at radius 3 is 2.70 bits per heavy atom. The number of hydrogen-bond acceptors (Lipinski definition) is 4. The van der Waals surface area contributed by atoms with Gasteiger partial charge >= 0.3 is 0 Å². The highest BCUT2D eigenvalue weighted by molar-refractivity contribution is 8.18. The van der Waals surface area contributed by atoms with Crippen LogP contribution in [-0.4, -0.2) is 23.7 Å². The van der Waals surface area contributed by atoms with E-state index in [2.05, 4.69) is 74.2 Å². The molecule has 156 valence electrons. The van der Waals surface area contributed by atoms with Gasteiger partial charge in [0.05, 0.1) is 10.6 Å². The number of aliphatic imine (C=N–C) groups is 1. The van der Waals surface area contributed by atoms with Gasteiger partial charge in [-0.15, -0.1) is 0 Å². The minimum Gasteiger partial charge on any atom is -0.369 e. The summed E-state index contributed by atoms with van der Waals surface area (Å²) in [5.41, 5.74) is 7.02. The molecule has 2 aromatic carbocycles. The van der Waals surface area contributed by atoms with Gasteiger partial charge in [-0.1, -0.05) is 30.7 Å². The first kappa shape index (κ1) is 20.7. The number of amidine groups is 1. The van der Waals surface area contributed by atoms with Crippen molar-refractivity contribution in [2.24, 2.45) is 4.99 Å². The number of fused-ring (bicyclic) bond motifs is 1. The van der Waals surface area contributed by atoms with Crippen LogP contribution in [0.1, 0.15) is 55.4 Å². The van der Waals surface area contributed by atoms with Gasteiger partial charge in [0.15, 0.2) is 5.17 Å². The topological polar surface area (TPSA) is 44.7 Å². The minimum atomic E-state index is -0.0902. The average Bonchev–Trinajstić information content (AvgIpc) is 3.01. The van der Waals surface area contributed by atoms with E-state index in [1.54, 1.807) is 0 Å². The Bertz CT molecular complexity index is 1080. The van der Waals surface area contributed by atoms with Crippen molar-refractivity contribution in [3.63, 3.8) is 0 Å². The zero-order valence-corrected chi connectivity index (χ0v) is 19.4. The van der Waals surface area contributed by atoms with Gasteiger partial charge in [-0.2, -0.15) is 0 Å². The van der Waals surface area contributed by atoms with E-state index in [1.807, 2.05) is 25.1 Å². The largest absolute Gasteiger partial charge is 0.369 e. The van der Waals surface area contributed by atoms with Crippen LogP contribution in [-0.2, 0) is 4.79 Å². The fraction of sp³-hybridized carbons (Fsp3) is 0.360. The molecule has 1 N–H and O–H groups in total. The monoisotopic (exact) mass is 419 g/mol. The number of nitrogens with zero attached hydrogens (tertiary/aromatic N) is 2. The lowest BCUT2D eigenvalue weighted by Gasteiger charge is -2.45. The zero-order chi connectivity index (χ0) is 21.6. The smallest absolute Gasteiger partial charge is 0.264 e. The molecule has 1 unspecified atom stereocenters. The number of benzene rings is 2. The SMILES string of the molecule is Cc1ccc(N=C2NC(=O)/C(=C\c3ccc4c(c3)C(C)CC(C)(C)N4C)S2)c(C)c1. The molecule has 0 spiro atoms. The van der Waals surface area contributed by atoms with Gasteiger partial charge < -0.3 is 10.2 Å². The molecule has 1 fully saturated rings. The Hall–Kier alpha value is -2.53. The van der Waals surface area contributed by atoms with E-state index >= 15 is 0 Å². The number of thioether (sulfide) groups is 1. The molecule has 0 bridgehead atoms. The highest BCUT2D eigenvalue weighted by atomic mass is 32.2. The third-order valence-electron chi connectivity index (χ3n) is 6.18. The van der Waals surface area contributed by atoms with E-state index in [9.17, 15) is 4.79 Å². The molecule has 30 heavy (non-hydrogen) atoms. The molecule has 2 aliphatic heterocycles. The van der Waals surface area contributed by atoms with Crippen molar-refractivity contribution in [3.05, 3.63) is 63.6 Å². The molecular weight excluding hydrogens is 390 g/mol. The summed E-state index contributed by atoms with van der Waals surface area (Å²) in [6, 6.07) is 12.6. The molecule has 1 amide bonds. The summed E-state index contributed by atoms with van der Waals surface area (Å²) < 4.78 is 0. The molecule has 2 heterocycles. The number of aryl methyl sites for hydroxylation is 2. The Kier molecular flexibility index (Phi) is 5.27. The van der Waals surface area contributed by atoms with Crippen LogP contribution in [0, 0.1) is 13.8 Å². The Morgan fingerprint density at radius 1 is 1.20 bits per heavy atom. The zero-order valence-electron chi connectivity index (χ0n) is 18.5. The second kappa shape index (κ2) is 7.62. The molecular formula is C25H29N3OS. The first-order chi connectivity index (χ1) is 14.1. The summed E-state index contributed by atoms with van der Waals surface area (Å²) in [4.78, 5) is 20.2. The quantitative estimate of drug-likeness (QED) is 0.615. The molecule has 4 nitrogen and oxygen atoms in total. The summed E-state index contributed by atoms with van der Waals surface area (Å²) >= 11 is 1.40. The van der Waals surface area contributed by atoms with Gasteiger partial charge in [0.1, 0.15) is 0 Å². The highest BCUT2D eigenvalue weighted by Gasteiger charge is 2.34. The molecule has 4 rings (SSSR count). The predicted octanol–water partition coefficient (Wildman–Crippen LogP) is 5.92. The van der Waals surface area contributed by atoms with Gasteiger partial charge in [0.2, 0.25) is 0 Å². The molecule has 0 aromatic heterocycles. The average molecular weight is 420 g/mol. The van der Waals surface area contributed by atoms with Crippen LogP contribution in [0.15, 0.2) is 46.3 Å². The maximum atomic E-state index is 12.5. The second-order valence-corrected chi connectivity index (χ2v) is 10.1. The molecule has 5 heteroatoms. The number of carbonyl (C=O) groups excluding carboxylic acids is 1. The van der Waals surface area contributed by atoms with Crippen molar-refractivity contribution in [1.29, 1.82) is 0 Å². The summed E-state index contributed by atoms with van der Waals surface area (Å²) in [7, 11) is 2.17. The maximum absolute atomic E-state index is 12.5. The van der Waals surface area contributed by atoms with Gasteiger partial charge in [-0.3, -0.25) is 4.79 Å². The number of carbonyl (C=O) groups is 1. The van der Waals surface area contributed by atoms with E-state index in [4.69, 9.17) is 0 Å². The van der Waals surface area contributed by atoms with Crippen molar-refractivity contribution in [3.8, 4) is 0 Å². The number of amides is 1. The molecule has 2 aromatic rings. The summed E-state index contributed by atoms with van der Waals surface area (Å²) in [5.74, 6) is 0.392. The van der Waals surface area contributed by atoms with Crippen LogP contribution in [0.5, 0.6) is 0 Å². The van der Waals surface area contributed by atoms with Crippen LogP contribution in [0.25, 0.3) is 6.08 Å². The Morgan fingerprint density at radius 2 is 1.97 bits per heavy atom. The lowest BCUT2D eigenvalue weighted by atomic mass is 9.80. The Labute approximate surface area is 183 Å². The first-order valence-electron chi connectivity index (χ1n) is 10.4. The summed E-state index contributed by atoms with van der Waals surface area (Å²) in [5, 5.41) is 3.53. The lowest BCUT2D eigenvalue weighted by Crippen LogP contribution is -2.45. The van der Waals surface area contributed by atoms with E-state index < -0.39 is 0 Å². The fourth-order valence-corrected chi connectivity index (χ4v) is 5.19. The fourth-order valence-electron chi connectivity index (χ4n) is 4.36. The van der Waals surface area contributed by atoms with Gasteiger partial charge in [0, 0.05) is 18.3 Å². The molecule has 0 radical (unpaired) electrons. The van der Waals surface area contributed by atoms with Crippen LogP contribution in [0.2, 0.25) is 0 Å². The number of hydrogen-bond donors (Lipinski definition) is 1. The standard InChI is InChI=1S/C25H29N3OS/c1-15-7-9-20(16(2)11-15)26-24-27-23(29)22(30-24)13-18-8-10-21-19(12-18)17(3)14-25(4,5)28(21)6/h7-13,17H,14H2,1-6H3,(H,26,27,29)/b22-13+. The Balaban J connectivity index is 1.61. The van der Waals surface area contributed by atoms with Crippen LogP contribution in [0.4, 0.5) is 11.4 Å². The van der Waals surface area contributed by atoms with Crippen LogP contribution >= 0.6 is 11.8 Å². The minimum absolute atomic E-state index is 0.0902. The van der Waals surface area contributed by atoms with Crippen molar-refractivity contribution in [2.75, 3.05) is 11.9 Å². The third kappa shape index (κ3) is 3.91. The summed E-state index contributed by atoms with van der Waals surface area (Å²) in [6.07, 6.45) is 3.08. The van der Waals surface area contributed by atoms with Crippen molar-refractivity contribution >= 4 is 40.3 Å². The molecule has 0 aliphatic carbocycles. The normalized spacial score (nSPS) is 23.1. The number of nitrogens with one attached hydrogen (secondary N) is 1. The second-order valence-electron chi connectivity index (χ2n) is 9.07. The van der Waals surface area contributed by atoms with Crippen molar-refractivity contribution in [1.82, 2.24) is 5.32 Å². The van der Waals surface area contributed by atoms with E-state index in [1.165, 1.54) is 28.6 Å². The van der Waals surface area contributed by atoms with E-state index in [0.717, 1.165) is 23.2 Å². The maximum Gasteiger partial charge on any atom is 0.264 e. The molecule has 0 saturated carbocycles. The van der Waals surface area contributed by atoms with Crippen molar-refractivity contribution < 1.29 is 4.79 Å². The van der Waals surface area contributed by atoms with E-state index in [0.29, 0.717) is 16.0 Å². The third-order valence-corrected chi connectivity index (χ3v) is 7.09. The van der Waals surface area contributed by atoms with Crippen molar-refractivity contribution in [2.45, 2.75) is 52.5 Å². The number of anilines is 1. The van der Waals surface area contributed by atoms with Crippen LogP contribution in [0.3, 0.4) is 0 Å². The number of rotatable bonds is 2.